The Morgan fingerprint density at radius 2 is 0.725 bits per heavy atom. The Bertz CT molecular complexity index is 2480. The Balaban J connectivity index is 0.00000116. The van der Waals surface area contributed by atoms with Crippen LogP contribution in [-0.4, -0.2) is 192 Å². The van der Waals surface area contributed by atoms with E-state index in [2.05, 4.69) is 118 Å². The van der Waals surface area contributed by atoms with Crippen molar-refractivity contribution < 1.29 is 89.7 Å². The van der Waals surface area contributed by atoms with E-state index in [-0.39, 0.29) is 25.7 Å². The van der Waals surface area contributed by atoms with Gasteiger partial charge in [-0.15, -0.1) is 0 Å². The Morgan fingerprint density at radius 3 is 1.07 bits per heavy atom. The lowest BCUT2D eigenvalue weighted by Gasteiger charge is -2.40. The molecule has 0 bridgehead atoms. The van der Waals surface area contributed by atoms with E-state index in [1.165, 1.54) is 0 Å². The summed E-state index contributed by atoms with van der Waals surface area (Å²) in [5.74, 6) is 52.8. The summed E-state index contributed by atoms with van der Waals surface area (Å²) in [4.78, 5) is 0. The molecule has 3 rings (SSSR count). The lowest BCUT2D eigenvalue weighted by atomic mass is 9.99. The second-order valence-electron chi connectivity index (χ2n) is 17.4. The average molecular weight is 1120 g/mol. The summed E-state index contributed by atoms with van der Waals surface area (Å²) in [7, 11) is 0. The molecule has 0 aromatic rings. The van der Waals surface area contributed by atoms with Crippen molar-refractivity contribution in [3.63, 3.8) is 0 Å². The summed E-state index contributed by atoms with van der Waals surface area (Å²) in [5, 5.41) is 116. The van der Waals surface area contributed by atoms with Gasteiger partial charge in [-0.25, -0.2) is 0 Å². The third-order valence-corrected chi connectivity index (χ3v) is 11.6. The topological polar surface area (TPSA) is 298 Å². The molecule has 18 unspecified atom stereocenters. The number of allylic oxidation sites excluding steroid dienone is 4. The van der Waals surface area contributed by atoms with Crippen molar-refractivity contribution in [1.29, 1.82) is 0 Å². The highest BCUT2D eigenvalue weighted by molar-refractivity contribution is 5.40. The fraction of sp³-hybridized carbons (Fsp3) is 0.613. The maximum atomic E-state index is 10.1. The largest absolute Gasteiger partial charge is 0.394 e. The minimum Gasteiger partial charge on any atom is -0.394 e. The van der Waals surface area contributed by atoms with Crippen LogP contribution < -0.4 is 0 Å². The highest BCUT2D eigenvalue weighted by Gasteiger charge is 2.47. The van der Waals surface area contributed by atoms with Crippen LogP contribution in [0.4, 0.5) is 0 Å². The third-order valence-electron chi connectivity index (χ3n) is 11.6. The van der Waals surface area contributed by atoms with Crippen LogP contribution >= 0.6 is 0 Å². The van der Waals surface area contributed by atoms with Crippen LogP contribution in [-0.2, 0) is 28.4 Å². The standard InChI is InChI=1S/C21H28O6.C20H26O6.C20H24O6.CH4/c1-3-5-6-7-8-9-10-11-12-14-16(13-4-2)26-21-20(25)19(24)18(23)17(15-22)27-21;2*1-3-5-6-7-8-9-10-11-12-13-15(4-2)25-20-19(24)18(23)17(22)16(14-21)26-20;/h10-11,16-25H,4,12-15H2,1-2H3;10-11,15-24H,4,12-14H2,1-2H3;15-24H,4,12-14H2,1-2H3;1H4/b2*11-10+;;. The first-order chi connectivity index (χ1) is 38.1. The number of ether oxygens (including phenoxy) is 6. The maximum absolute atomic E-state index is 10.1. The van der Waals surface area contributed by atoms with Gasteiger partial charge in [-0.1, -0.05) is 82.3 Å². The Kier molecular flexibility index (Phi) is 42.8. The van der Waals surface area contributed by atoms with E-state index in [1.807, 2.05) is 32.9 Å². The van der Waals surface area contributed by atoms with Gasteiger partial charge in [0.15, 0.2) is 18.9 Å². The summed E-state index contributed by atoms with van der Waals surface area (Å²) in [6.07, 6.45) is -5.59. The minimum absolute atomic E-state index is 0. The molecular weight excluding hydrogens is 1030 g/mol. The van der Waals surface area contributed by atoms with E-state index in [9.17, 15) is 61.3 Å². The molecule has 0 aromatic heterocycles. The van der Waals surface area contributed by atoms with E-state index >= 15 is 0 Å². The van der Waals surface area contributed by atoms with Gasteiger partial charge in [0.1, 0.15) is 73.2 Å². The van der Waals surface area contributed by atoms with Crippen LogP contribution in [0.15, 0.2) is 24.3 Å². The summed E-state index contributed by atoms with van der Waals surface area (Å²) >= 11 is 0. The molecule has 3 aliphatic heterocycles. The SMILES string of the molecule is C.CC#CC#CC#C/C=C/CCC(CC)OC1OC(CO)C(O)C(O)C1O.CC#CC#CC#C/C=C/CCC(CCC)OC1OC(CO)C(O)C(O)C1O.CC#CC#CC#CC#CCCC(CC)OC1OC(CO)C(O)C(O)C1O. The molecule has 12 N–H and O–H groups in total. The summed E-state index contributed by atoms with van der Waals surface area (Å²) in [6, 6.07) is 0. The van der Waals surface area contributed by atoms with E-state index in [1.54, 1.807) is 32.9 Å². The van der Waals surface area contributed by atoms with E-state index in [0.717, 1.165) is 12.8 Å². The predicted octanol–water partition coefficient (Wildman–Crippen LogP) is 0.317. The van der Waals surface area contributed by atoms with Gasteiger partial charge >= 0.3 is 0 Å². The van der Waals surface area contributed by atoms with Gasteiger partial charge in [-0.3, -0.25) is 0 Å². The van der Waals surface area contributed by atoms with E-state index in [0.29, 0.717) is 51.4 Å². The number of hydrogen-bond acceptors (Lipinski definition) is 18. The van der Waals surface area contributed by atoms with Crippen molar-refractivity contribution in [2.24, 2.45) is 0 Å². The summed E-state index contributed by atoms with van der Waals surface area (Å²) in [5.41, 5.74) is 0. The van der Waals surface area contributed by atoms with E-state index < -0.39 is 112 Å². The maximum Gasteiger partial charge on any atom is 0.186 e. The van der Waals surface area contributed by atoms with Crippen LogP contribution in [0.5, 0.6) is 0 Å². The molecule has 3 saturated heterocycles. The van der Waals surface area contributed by atoms with Crippen molar-refractivity contribution in [3.05, 3.63) is 24.3 Å². The fourth-order valence-electron chi connectivity index (χ4n) is 7.23. The molecule has 3 fully saturated rings. The number of rotatable bonds is 21. The van der Waals surface area contributed by atoms with Crippen LogP contribution in [0.2, 0.25) is 0 Å². The molecule has 438 valence electrons. The van der Waals surface area contributed by atoms with Crippen LogP contribution in [0.1, 0.15) is 113 Å². The molecule has 0 saturated carbocycles. The minimum atomic E-state index is -1.45. The van der Waals surface area contributed by atoms with Crippen molar-refractivity contribution in [3.8, 4) is 118 Å². The Morgan fingerprint density at radius 1 is 0.400 bits per heavy atom. The average Bonchev–Trinajstić information content (AvgIpc) is 3.46. The molecule has 3 aliphatic rings. The second kappa shape index (κ2) is 46.0. The lowest BCUT2D eigenvalue weighted by molar-refractivity contribution is -0.312. The monoisotopic (exact) mass is 1110 g/mol. The van der Waals surface area contributed by atoms with Crippen LogP contribution in [0.3, 0.4) is 0 Å². The van der Waals surface area contributed by atoms with Gasteiger partial charge in [-0.05, 0) is 167 Å². The van der Waals surface area contributed by atoms with Crippen molar-refractivity contribution in [1.82, 2.24) is 0 Å². The normalized spacial score (nSPS) is 28.1. The van der Waals surface area contributed by atoms with Gasteiger partial charge in [0.2, 0.25) is 0 Å². The van der Waals surface area contributed by atoms with Gasteiger partial charge in [-0.2, -0.15) is 0 Å². The molecular formula is C62H82O18. The fourth-order valence-corrected chi connectivity index (χ4v) is 7.23. The summed E-state index contributed by atoms with van der Waals surface area (Å²) in [6.45, 7) is 9.53. The quantitative estimate of drug-likeness (QED) is 0.0689. The number of aliphatic hydroxyl groups excluding tert-OH is 12. The third kappa shape index (κ3) is 29.2. The molecule has 3 heterocycles. The zero-order chi connectivity index (χ0) is 58.8. The first-order valence-corrected chi connectivity index (χ1v) is 26.1. The molecule has 80 heavy (non-hydrogen) atoms. The zero-order valence-electron chi connectivity index (χ0n) is 45.7. The molecule has 0 amide bonds. The lowest BCUT2D eigenvalue weighted by Crippen LogP contribution is -2.59. The van der Waals surface area contributed by atoms with Gasteiger partial charge in [0.05, 0.1) is 38.1 Å². The van der Waals surface area contributed by atoms with Crippen molar-refractivity contribution >= 4 is 0 Å². The molecule has 18 atom stereocenters. The highest BCUT2D eigenvalue weighted by Crippen LogP contribution is 2.27. The molecule has 0 aliphatic carbocycles. The second-order valence-corrected chi connectivity index (χ2v) is 17.4. The van der Waals surface area contributed by atoms with Crippen molar-refractivity contribution in [2.45, 2.75) is 224 Å². The molecule has 0 spiro atoms. The van der Waals surface area contributed by atoms with Crippen LogP contribution in [0.25, 0.3) is 0 Å². The Labute approximate surface area is 474 Å². The first-order valence-electron chi connectivity index (χ1n) is 26.1. The molecule has 0 radical (unpaired) electrons. The highest BCUT2D eigenvalue weighted by atomic mass is 16.7. The molecule has 0 aromatic carbocycles. The van der Waals surface area contributed by atoms with Crippen LogP contribution in [0, 0.1) is 118 Å². The molecule has 18 heteroatoms. The smallest absolute Gasteiger partial charge is 0.186 e. The first kappa shape index (κ1) is 74.4. The molecule has 18 nitrogen and oxygen atoms in total. The number of hydrogen-bond donors (Lipinski definition) is 12. The predicted molar refractivity (Wildman–Crippen MR) is 299 cm³/mol. The number of aliphatic hydroxyl groups is 12. The van der Waals surface area contributed by atoms with E-state index in [4.69, 9.17) is 28.4 Å². The summed E-state index contributed by atoms with van der Waals surface area (Å²) < 4.78 is 33.3. The van der Waals surface area contributed by atoms with Crippen molar-refractivity contribution in [2.75, 3.05) is 19.8 Å². The zero-order valence-corrected chi connectivity index (χ0v) is 45.7. The Hall–Kier alpha value is -5.64. The van der Waals surface area contributed by atoms with Gasteiger partial charge in [0, 0.05) is 6.42 Å². The van der Waals surface area contributed by atoms with Gasteiger partial charge in [0.25, 0.3) is 0 Å². The van der Waals surface area contributed by atoms with Gasteiger partial charge < -0.3 is 89.7 Å².